The summed E-state index contributed by atoms with van der Waals surface area (Å²) in [5.74, 6) is 1.82. The van der Waals surface area contributed by atoms with Crippen LogP contribution in [0.3, 0.4) is 0 Å². The van der Waals surface area contributed by atoms with E-state index in [9.17, 15) is 14.2 Å². The van der Waals surface area contributed by atoms with Gasteiger partial charge in [-0.15, -0.1) is 0 Å². The average Bonchev–Trinajstić information content (AvgIpc) is 2.99. The Labute approximate surface area is 265 Å². The van der Waals surface area contributed by atoms with Gasteiger partial charge in [-0.25, -0.2) is 0 Å². The van der Waals surface area contributed by atoms with E-state index in [0.717, 1.165) is 51.4 Å². The van der Waals surface area contributed by atoms with Crippen LogP contribution in [-0.4, -0.2) is 43.6 Å². The number of carbonyl (C=O) groups is 2. The van der Waals surface area contributed by atoms with Crippen LogP contribution in [0.2, 0.25) is 0 Å². The predicted molar refractivity (Wildman–Crippen MR) is 180 cm³/mol. The molecule has 0 saturated heterocycles. The number of unbranched alkanes of at least 4 members (excludes halogenated alkanes) is 5. The molecule has 0 N–H and O–H groups in total. The molecular formula is C36H55O7P. The topological polar surface area (TPSA) is 88.1 Å². The first kappa shape index (κ1) is 37.4. The van der Waals surface area contributed by atoms with Gasteiger partial charge in [-0.2, -0.15) is 0 Å². The van der Waals surface area contributed by atoms with E-state index >= 15 is 0 Å². The van der Waals surface area contributed by atoms with E-state index in [1.165, 1.54) is 0 Å². The second-order valence-corrected chi connectivity index (χ2v) is 14.2. The van der Waals surface area contributed by atoms with Crippen LogP contribution in [0.25, 0.3) is 0 Å². The molecule has 2 aromatic rings. The fraction of sp³-hybridized carbons (Fsp3) is 0.611. The molecule has 2 aromatic carbocycles. The van der Waals surface area contributed by atoms with Gasteiger partial charge in [0.15, 0.2) is 0 Å². The highest BCUT2D eigenvalue weighted by Crippen LogP contribution is 2.56. The fourth-order valence-corrected chi connectivity index (χ4v) is 7.39. The highest BCUT2D eigenvalue weighted by Gasteiger charge is 2.44. The number of ether oxygens (including phenoxy) is 4. The van der Waals surface area contributed by atoms with Gasteiger partial charge in [-0.1, -0.05) is 66.7 Å². The largest absolute Gasteiger partial charge is 0.493 e. The van der Waals surface area contributed by atoms with Gasteiger partial charge in [-0.05, 0) is 69.2 Å². The van der Waals surface area contributed by atoms with Crippen LogP contribution in [0.5, 0.6) is 23.0 Å². The first-order valence-corrected chi connectivity index (χ1v) is 18.6. The third-order valence-electron chi connectivity index (χ3n) is 7.50. The van der Waals surface area contributed by atoms with Crippen LogP contribution < -0.4 is 18.9 Å². The van der Waals surface area contributed by atoms with Gasteiger partial charge < -0.3 is 23.5 Å². The molecule has 0 fully saturated rings. The van der Waals surface area contributed by atoms with Crippen LogP contribution in [-0.2, 0) is 4.57 Å². The van der Waals surface area contributed by atoms with Crippen LogP contribution >= 0.6 is 7.14 Å². The van der Waals surface area contributed by atoms with E-state index in [1.54, 1.807) is 38.1 Å². The maximum atomic E-state index is 15.0. The van der Waals surface area contributed by atoms with E-state index in [2.05, 4.69) is 27.7 Å². The lowest BCUT2D eigenvalue weighted by atomic mass is 10.1. The van der Waals surface area contributed by atoms with Crippen molar-refractivity contribution in [1.29, 1.82) is 0 Å². The minimum Gasteiger partial charge on any atom is -0.493 e. The van der Waals surface area contributed by atoms with Crippen molar-refractivity contribution in [2.75, 3.05) is 32.6 Å². The Bertz CT molecular complexity index is 1160. The normalized spacial score (nSPS) is 11.3. The predicted octanol–water partition coefficient (Wildman–Crippen LogP) is 10.2. The molecule has 246 valence electrons. The summed E-state index contributed by atoms with van der Waals surface area (Å²) in [5.41, 5.74) is 0.223. The smallest absolute Gasteiger partial charge is 0.232 e. The molecule has 0 amide bonds. The Kier molecular flexibility index (Phi) is 16.6. The Morgan fingerprint density at radius 1 is 0.545 bits per heavy atom. The molecule has 0 aliphatic heterocycles. The number of hydrogen-bond acceptors (Lipinski definition) is 7. The molecule has 8 heteroatoms. The zero-order valence-electron chi connectivity index (χ0n) is 28.2. The first-order chi connectivity index (χ1) is 21.2. The minimum atomic E-state index is -4.15. The molecule has 0 atom stereocenters. The first-order valence-electron chi connectivity index (χ1n) is 16.7. The lowest BCUT2D eigenvalue weighted by molar-refractivity contribution is 0.103. The van der Waals surface area contributed by atoms with Crippen LogP contribution in [0, 0.1) is 13.8 Å². The van der Waals surface area contributed by atoms with Gasteiger partial charge in [0.25, 0.3) is 0 Å². The molecule has 0 unspecified atom stereocenters. The van der Waals surface area contributed by atoms with E-state index in [-0.39, 0.29) is 17.3 Å². The lowest BCUT2D eigenvalue weighted by Crippen LogP contribution is -2.18. The van der Waals surface area contributed by atoms with Crippen molar-refractivity contribution in [3.63, 3.8) is 0 Å². The van der Waals surface area contributed by atoms with E-state index in [1.807, 2.05) is 6.92 Å². The Balaban J connectivity index is 2.66. The third kappa shape index (κ3) is 10.4. The maximum absolute atomic E-state index is 15.0. The molecule has 2 rings (SSSR count). The molecule has 44 heavy (non-hydrogen) atoms. The van der Waals surface area contributed by atoms with Gasteiger partial charge in [0.1, 0.15) is 23.0 Å². The van der Waals surface area contributed by atoms with Crippen LogP contribution in [0.15, 0.2) is 24.3 Å². The van der Waals surface area contributed by atoms with Crippen molar-refractivity contribution in [2.45, 2.75) is 113 Å². The van der Waals surface area contributed by atoms with Crippen molar-refractivity contribution in [3.05, 3.63) is 46.5 Å². The minimum absolute atomic E-state index is 0.0215. The van der Waals surface area contributed by atoms with Crippen molar-refractivity contribution in [2.24, 2.45) is 0 Å². The SMILES string of the molecule is CCCCOc1cc(C)c(C(=O)P(=O)(CCCC)C(=O)c2c(C)cc(OCCCC)cc2OCCCC)c(OCCCC)c1. The molecule has 0 heterocycles. The van der Waals surface area contributed by atoms with Crippen molar-refractivity contribution < 1.29 is 33.1 Å². The summed E-state index contributed by atoms with van der Waals surface area (Å²) in [6, 6.07) is 6.95. The summed E-state index contributed by atoms with van der Waals surface area (Å²) >= 11 is 0. The van der Waals surface area contributed by atoms with Gasteiger partial charge in [0, 0.05) is 18.3 Å². The molecule has 0 aliphatic carbocycles. The van der Waals surface area contributed by atoms with E-state index in [0.29, 0.717) is 73.4 Å². The summed E-state index contributed by atoms with van der Waals surface area (Å²) in [4.78, 5) is 29.0. The number of aryl methyl sites for hydroxylation is 2. The zero-order valence-corrected chi connectivity index (χ0v) is 29.1. The molecule has 0 bridgehead atoms. The molecular weight excluding hydrogens is 575 g/mol. The maximum Gasteiger partial charge on any atom is 0.232 e. The monoisotopic (exact) mass is 630 g/mol. The summed E-state index contributed by atoms with van der Waals surface area (Å²) < 4.78 is 39.1. The summed E-state index contributed by atoms with van der Waals surface area (Å²) in [6.45, 7) is 15.7. The summed E-state index contributed by atoms with van der Waals surface area (Å²) in [7, 11) is -4.15. The zero-order chi connectivity index (χ0) is 32.5. The van der Waals surface area contributed by atoms with Gasteiger partial charge in [-0.3, -0.25) is 9.59 Å². The molecule has 0 aliphatic rings. The standard InChI is InChI=1S/C36H55O7P/c1-8-13-18-40-29-23-27(6)33(31(25-29)42-20-15-10-3)35(37)44(39,22-17-12-5)36(38)34-28(7)24-30(41-19-14-9-2)26-32(34)43-21-16-11-4/h23-26H,8-22H2,1-7H3. The Morgan fingerprint density at radius 2 is 0.886 bits per heavy atom. The number of hydrogen-bond donors (Lipinski definition) is 0. The van der Waals surface area contributed by atoms with E-state index in [4.69, 9.17) is 18.9 Å². The van der Waals surface area contributed by atoms with Crippen LogP contribution in [0.4, 0.5) is 0 Å². The Morgan fingerprint density at radius 3 is 1.23 bits per heavy atom. The quantitative estimate of drug-likeness (QED) is 0.0892. The molecule has 0 radical (unpaired) electrons. The third-order valence-corrected chi connectivity index (χ3v) is 10.2. The summed E-state index contributed by atoms with van der Waals surface area (Å²) in [6.07, 6.45) is 8.36. The molecule has 7 nitrogen and oxygen atoms in total. The second kappa shape index (κ2) is 19.6. The second-order valence-electron chi connectivity index (χ2n) is 11.5. The Hall–Kier alpha value is -2.79. The number of rotatable bonds is 23. The number of carbonyl (C=O) groups excluding carboxylic acids is 2. The highest BCUT2D eigenvalue weighted by atomic mass is 31.2. The van der Waals surface area contributed by atoms with Crippen molar-refractivity contribution >= 4 is 18.2 Å². The van der Waals surface area contributed by atoms with Gasteiger partial charge in [0.05, 0.1) is 37.6 Å². The van der Waals surface area contributed by atoms with Crippen LogP contribution in [0.1, 0.15) is 131 Å². The average molecular weight is 631 g/mol. The number of benzene rings is 2. The highest BCUT2D eigenvalue weighted by molar-refractivity contribution is 7.95. The molecule has 0 saturated carbocycles. The lowest BCUT2D eigenvalue weighted by Gasteiger charge is -2.22. The van der Waals surface area contributed by atoms with Crippen molar-refractivity contribution in [3.8, 4) is 23.0 Å². The fourth-order valence-electron chi connectivity index (χ4n) is 4.75. The molecule has 0 aromatic heterocycles. The van der Waals surface area contributed by atoms with Crippen molar-refractivity contribution in [1.82, 2.24) is 0 Å². The molecule has 0 spiro atoms. The van der Waals surface area contributed by atoms with Gasteiger partial charge in [0.2, 0.25) is 18.2 Å². The summed E-state index contributed by atoms with van der Waals surface area (Å²) in [5, 5.41) is 0. The van der Waals surface area contributed by atoms with Gasteiger partial charge >= 0.3 is 0 Å². The van der Waals surface area contributed by atoms with E-state index < -0.39 is 18.2 Å².